The Morgan fingerprint density at radius 3 is 2.70 bits per heavy atom. The predicted octanol–water partition coefficient (Wildman–Crippen LogP) is 3.61. The van der Waals surface area contributed by atoms with Gasteiger partial charge in [0.2, 0.25) is 0 Å². The summed E-state index contributed by atoms with van der Waals surface area (Å²) >= 11 is 0. The molecule has 5 nitrogen and oxygen atoms in total. The van der Waals surface area contributed by atoms with Gasteiger partial charge in [-0.2, -0.15) is 0 Å². The molecule has 1 aliphatic heterocycles. The Kier molecular flexibility index (Phi) is 6.82. The van der Waals surface area contributed by atoms with Crippen LogP contribution in [-0.4, -0.2) is 53.5 Å². The molecule has 1 aromatic heterocycles. The molecule has 1 amide bonds. The smallest absolute Gasteiger partial charge is 0.258 e. The first kappa shape index (κ1) is 19.4. The van der Waals surface area contributed by atoms with Crippen LogP contribution in [0.25, 0.3) is 0 Å². The molecule has 0 bridgehead atoms. The van der Waals surface area contributed by atoms with E-state index in [1.807, 2.05) is 47.5 Å². The van der Waals surface area contributed by atoms with Gasteiger partial charge in [0.05, 0.1) is 12.2 Å². The minimum Gasteiger partial charge on any atom is -0.493 e. The second-order valence-corrected chi connectivity index (χ2v) is 7.17. The zero-order valence-corrected chi connectivity index (χ0v) is 16.3. The summed E-state index contributed by atoms with van der Waals surface area (Å²) in [5.41, 5.74) is 1.70. The van der Waals surface area contributed by atoms with E-state index in [0.717, 1.165) is 37.9 Å². The largest absolute Gasteiger partial charge is 0.493 e. The number of carbonyl (C=O) groups excluding carboxylic acids is 1. The number of para-hydroxylation sites is 1. The van der Waals surface area contributed by atoms with Gasteiger partial charge >= 0.3 is 0 Å². The third kappa shape index (κ3) is 5.07. The molecule has 2 aromatic rings. The molecule has 0 aliphatic carbocycles. The zero-order chi connectivity index (χ0) is 19.1. The molecule has 0 saturated carbocycles. The highest BCUT2D eigenvalue weighted by atomic mass is 16.5. The molecule has 5 heteroatoms. The van der Waals surface area contributed by atoms with Gasteiger partial charge in [-0.25, -0.2) is 0 Å². The lowest BCUT2D eigenvalue weighted by Crippen LogP contribution is -2.46. The normalized spacial score (nSPS) is 15.5. The maximum atomic E-state index is 13.5. The van der Waals surface area contributed by atoms with Gasteiger partial charge in [0.15, 0.2) is 0 Å². The highest BCUT2D eigenvalue weighted by Crippen LogP contribution is 2.25. The quantitative estimate of drug-likeness (QED) is 0.750. The molecule has 2 heterocycles. The predicted molar refractivity (Wildman–Crippen MR) is 107 cm³/mol. The number of benzene rings is 1. The molecule has 27 heavy (non-hydrogen) atoms. The fraction of sp³-hybridized carbons (Fsp3) is 0.455. The van der Waals surface area contributed by atoms with Crippen LogP contribution in [0.3, 0.4) is 0 Å². The van der Waals surface area contributed by atoms with E-state index in [1.54, 1.807) is 6.20 Å². The number of likely N-dealkylation sites (tertiary alicyclic amines) is 1. The van der Waals surface area contributed by atoms with Crippen LogP contribution in [0.5, 0.6) is 5.75 Å². The molecule has 1 aliphatic rings. The van der Waals surface area contributed by atoms with Crippen LogP contribution >= 0.6 is 0 Å². The minimum atomic E-state index is 0.0418. The number of pyridine rings is 1. The summed E-state index contributed by atoms with van der Waals surface area (Å²) in [7, 11) is 2.14. The van der Waals surface area contributed by atoms with Gasteiger partial charge in [-0.1, -0.05) is 25.1 Å². The Morgan fingerprint density at radius 2 is 2.00 bits per heavy atom. The Morgan fingerprint density at radius 1 is 1.22 bits per heavy atom. The van der Waals surface area contributed by atoms with Gasteiger partial charge in [0.25, 0.3) is 5.91 Å². The van der Waals surface area contributed by atoms with Crippen molar-refractivity contribution in [1.29, 1.82) is 0 Å². The van der Waals surface area contributed by atoms with E-state index in [0.29, 0.717) is 24.5 Å². The Bertz CT molecular complexity index is 727. The van der Waals surface area contributed by atoms with E-state index in [2.05, 4.69) is 23.9 Å². The summed E-state index contributed by atoms with van der Waals surface area (Å²) in [5.74, 6) is 0.716. The number of carbonyl (C=O) groups is 1. The number of rotatable bonds is 7. The maximum absolute atomic E-state index is 13.5. The van der Waals surface area contributed by atoms with Crippen LogP contribution in [-0.2, 0) is 6.54 Å². The van der Waals surface area contributed by atoms with Crippen LogP contribution in [0, 0.1) is 0 Å². The number of nitrogens with zero attached hydrogens (tertiary/aromatic N) is 3. The fourth-order valence-electron chi connectivity index (χ4n) is 3.50. The second kappa shape index (κ2) is 9.51. The van der Waals surface area contributed by atoms with Crippen molar-refractivity contribution in [3.8, 4) is 5.75 Å². The van der Waals surface area contributed by atoms with E-state index in [-0.39, 0.29) is 11.9 Å². The monoisotopic (exact) mass is 367 g/mol. The Balaban J connectivity index is 1.86. The van der Waals surface area contributed by atoms with Crippen LogP contribution < -0.4 is 4.74 Å². The van der Waals surface area contributed by atoms with Gasteiger partial charge in [-0.05, 0) is 63.2 Å². The lowest BCUT2D eigenvalue weighted by Gasteiger charge is -2.37. The van der Waals surface area contributed by atoms with Crippen molar-refractivity contribution in [2.24, 2.45) is 0 Å². The van der Waals surface area contributed by atoms with Crippen molar-refractivity contribution in [3.63, 3.8) is 0 Å². The standard InChI is InChI=1S/C22H29N3O2/c1-3-15-27-21-9-5-4-8-20(21)22(26)25(17-18-7-6-12-23-16-18)19-10-13-24(2)14-11-19/h4-9,12,16,19H,3,10-11,13-15,17H2,1-2H3. The van der Waals surface area contributed by atoms with Crippen molar-refractivity contribution in [1.82, 2.24) is 14.8 Å². The summed E-state index contributed by atoms with van der Waals surface area (Å²) < 4.78 is 5.84. The van der Waals surface area contributed by atoms with E-state index in [4.69, 9.17) is 4.74 Å². The average molecular weight is 367 g/mol. The summed E-state index contributed by atoms with van der Waals surface area (Å²) in [5, 5.41) is 0. The van der Waals surface area contributed by atoms with Gasteiger partial charge in [-0.3, -0.25) is 9.78 Å². The molecular weight excluding hydrogens is 338 g/mol. The highest BCUT2D eigenvalue weighted by molar-refractivity contribution is 5.97. The molecule has 1 aromatic carbocycles. The molecular formula is C22H29N3O2. The van der Waals surface area contributed by atoms with Crippen molar-refractivity contribution in [3.05, 3.63) is 59.9 Å². The van der Waals surface area contributed by atoms with E-state index >= 15 is 0 Å². The van der Waals surface area contributed by atoms with Gasteiger partial charge in [0.1, 0.15) is 5.75 Å². The maximum Gasteiger partial charge on any atom is 0.258 e. The average Bonchev–Trinajstić information content (AvgIpc) is 2.72. The molecule has 0 atom stereocenters. The molecule has 0 N–H and O–H groups in total. The van der Waals surface area contributed by atoms with Gasteiger partial charge < -0.3 is 14.5 Å². The number of hydrogen-bond acceptors (Lipinski definition) is 4. The number of amides is 1. The van der Waals surface area contributed by atoms with E-state index < -0.39 is 0 Å². The molecule has 0 unspecified atom stereocenters. The van der Waals surface area contributed by atoms with E-state index in [9.17, 15) is 4.79 Å². The number of ether oxygens (including phenoxy) is 1. The highest BCUT2D eigenvalue weighted by Gasteiger charge is 2.29. The first-order valence-corrected chi connectivity index (χ1v) is 9.79. The lowest BCUT2D eigenvalue weighted by atomic mass is 10.0. The zero-order valence-electron chi connectivity index (χ0n) is 16.3. The van der Waals surface area contributed by atoms with Crippen molar-refractivity contribution in [2.45, 2.75) is 38.8 Å². The first-order valence-electron chi connectivity index (χ1n) is 9.79. The van der Waals surface area contributed by atoms with Crippen molar-refractivity contribution >= 4 is 5.91 Å². The third-order valence-electron chi connectivity index (χ3n) is 5.04. The van der Waals surface area contributed by atoms with Crippen molar-refractivity contribution < 1.29 is 9.53 Å². The third-order valence-corrected chi connectivity index (χ3v) is 5.04. The molecule has 3 rings (SSSR count). The number of hydrogen-bond donors (Lipinski definition) is 0. The molecule has 0 radical (unpaired) electrons. The van der Waals surface area contributed by atoms with Gasteiger partial charge in [-0.15, -0.1) is 0 Å². The molecule has 1 saturated heterocycles. The van der Waals surface area contributed by atoms with Crippen LogP contribution in [0.4, 0.5) is 0 Å². The molecule has 1 fully saturated rings. The topological polar surface area (TPSA) is 45.7 Å². The Hall–Kier alpha value is -2.40. The van der Waals surface area contributed by atoms with Gasteiger partial charge in [0, 0.05) is 25.0 Å². The van der Waals surface area contributed by atoms with Crippen molar-refractivity contribution in [2.75, 3.05) is 26.7 Å². The number of aromatic nitrogens is 1. The SMILES string of the molecule is CCCOc1ccccc1C(=O)N(Cc1cccnc1)C1CCN(C)CC1. The second-order valence-electron chi connectivity index (χ2n) is 7.17. The summed E-state index contributed by atoms with van der Waals surface area (Å²) in [6.45, 7) is 5.27. The summed E-state index contributed by atoms with van der Waals surface area (Å²) in [6, 6.07) is 11.8. The van der Waals surface area contributed by atoms with Crippen LogP contribution in [0.15, 0.2) is 48.8 Å². The fourth-order valence-corrected chi connectivity index (χ4v) is 3.50. The summed E-state index contributed by atoms with van der Waals surface area (Å²) in [6.07, 6.45) is 6.49. The molecule has 144 valence electrons. The van der Waals surface area contributed by atoms with Crippen LogP contribution in [0.1, 0.15) is 42.1 Å². The minimum absolute atomic E-state index is 0.0418. The first-order chi connectivity index (χ1) is 13.2. The molecule has 0 spiro atoms. The van der Waals surface area contributed by atoms with Crippen LogP contribution in [0.2, 0.25) is 0 Å². The summed E-state index contributed by atoms with van der Waals surface area (Å²) in [4.78, 5) is 22.1. The Labute approximate surface area is 162 Å². The lowest BCUT2D eigenvalue weighted by molar-refractivity contribution is 0.0565. The number of piperidine rings is 1. The van der Waals surface area contributed by atoms with E-state index in [1.165, 1.54) is 0 Å².